The predicted octanol–water partition coefficient (Wildman–Crippen LogP) is 7.34. The van der Waals surface area contributed by atoms with Gasteiger partial charge in [0.25, 0.3) is 0 Å². The van der Waals surface area contributed by atoms with Gasteiger partial charge in [0.1, 0.15) is 0 Å². The topological polar surface area (TPSA) is 0 Å². The molecule has 0 nitrogen and oxygen atoms in total. The zero-order valence-corrected chi connectivity index (χ0v) is 15.3. The lowest BCUT2D eigenvalue weighted by Gasteiger charge is -2.16. The van der Waals surface area contributed by atoms with Gasteiger partial charge in [-0.2, -0.15) is 0 Å². The van der Waals surface area contributed by atoms with Crippen molar-refractivity contribution in [2.45, 2.75) is 90.0 Å². The van der Waals surface area contributed by atoms with Gasteiger partial charge >= 0.3 is 6.00 Å². The van der Waals surface area contributed by atoms with Crippen LogP contribution in [0.5, 0.6) is 0 Å². The molecular weight excluding hydrogens is 303 g/mol. The number of hydrogen-bond donors (Lipinski definition) is 0. The molecule has 0 aliphatic carbocycles. The zero-order chi connectivity index (χ0) is 13.9. The van der Waals surface area contributed by atoms with E-state index >= 15 is 0 Å². The number of halogens is 3. The molecule has 0 rings (SSSR count). The summed E-state index contributed by atoms with van der Waals surface area (Å²) in [6.07, 6.45) is 14.7. The Morgan fingerprint density at radius 1 is 0.722 bits per heavy atom. The van der Waals surface area contributed by atoms with Gasteiger partial charge in [-0.15, -0.1) is 33.2 Å². The van der Waals surface area contributed by atoms with Gasteiger partial charge < -0.3 is 0 Å². The van der Waals surface area contributed by atoms with Crippen molar-refractivity contribution in [2.75, 3.05) is 0 Å². The molecule has 0 aromatic carbocycles. The van der Waals surface area contributed by atoms with Crippen LogP contribution in [0.4, 0.5) is 0 Å². The van der Waals surface area contributed by atoms with E-state index in [1.807, 2.05) is 0 Å². The fourth-order valence-corrected chi connectivity index (χ4v) is 3.62. The summed E-state index contributed by atoms with van der Waals surface area (Å²) in [5.41, 5.74) is 0.302. The van der Waals surface area contributed by atoms with E-state index < -0.39 is 6.00 Å². The summed E-state index contributed by atoms with van der Waals surface area (Å²) >= 11 is 17.9. The third-order valence-corrected chi connectivity index (χ3v) is 8.31. The normalized spacial score (nSPS) is 13.8. The molecule has 0 bridgehead atoms. The fraction of sp³-hybridized carbons (Fsp3) is 1.00. The summed E-state index contributed by atoms with van der Waals surface area (Å²) in [6.45, 7) is 4.34. The van der Waals surface area contributed by atoms with Crippen LogP contribution in [0, 0.1) is 0 Å². The van der Waals surface area contributed by atoms with E-state index in [9.17, 15) is 0 Å². The molecule has 0 heterocycles. The van der Waals surface area contributed by atoms with Crippen LogP contribution in [0.15, 0.2) is 0 Å². The molecule has 0 amide bonds. The molecule has 0 saturated carbocycles. The minimum Gasteiger partial charge on any atom is -0.126 e. The molecular formula is C14H29Cl3Si. The highest BCUT2D eigenvalue weighted by atomic mass is 35.8. The summed E-state index contributed by atoms with van der Waals surface area (Å²) in [7, 11) is 0. The van der Waals surface area contributed by atoms with Crippen LogP contribution in [-0.2, 0) is 0 Å². The van der Waals surface area contributed by atoms with E-state index in [2.05, 4.69) is 13.8 Å². The minimum atomic E-state index is -2.44. The maximum absolute atomic E-state index is 5.98. The van der Waals surface area contributed by atoms with Crippen molar-refractivity contribution in [2.24, 2.45) is 0 Å². The van der Waals surface area contributed by atoms with Gasteiger partial charge in [0.05, 0.1) is 0 Å². The number of unbranched alkanes of at least 4 members (excludes halogenated alkanes) is 9. The van der Waals surface area contributed by atoms with Crippen molar-refractivity contribution < 1.29 is 0 Å². The first-order valence-corrected chi connectivity index (χ1v) is 12.7. The van der Waals surface area contributed by atoms with E-state index in [4.69, 9.17) is 33.2 Å². The van der Waals surface area contributed by atoms with Gasteiger partial charge in [-0.05, 0) is 12.0 Å². The van der Waals surface area contributed by atoms with Crippen molar-refractivity contribution >= 4 is 39.2 Å². The van der Waals surface area contributed by atoms with Crippen LogP contribution in [0.2, 0.25) is 5.54 Å². The van der Waals surface area contributed by atoms with Gasteiger partial charge in [-0.1, -0.05) is 78.1 Å². The molecule has 0 spiro atoms. The van der Waals surface area contributed by atoms with Crippen molar-refractivity contribution in [3.8, 4) is 0 Å². The second-order valence-electron chi connectivity index (χ2n) is 5.41. The van der Waals surface area contributed by atoms with E-state index in [1.54, 1.807) is 0 Å². The lowest BCUT2D eigenvalue weighted by atomic mass is 10.1. The Bertz CT molecular complexity index is 180. The molecule has 4 heteroatoms. The SMILES string of the molecule is CCCCCCCCCCCCC(C)[Si](Cl)(Cl)Cl. The van der Waals surface area contributed by atoms with Crippen LogP contribution in [-0.4, -0.2) is 6.00 Å². The smallest absolute Gasteiger partial charge is 0.126 e. The molecule has 0 fully saturated rings. The average molecular weight is 332 g/mol. The predicted molar refractivity (Wildman–Crippen MR) is 89.2 cm³/mol. The van der Waals surface area contributed by atoms with Crippen LogP contribution in [0.3, 0.4) is 0 Å². The quantitative estimate of drug-likeness (QED) is 0.199. The monoisotopic (exact) mass is 330 g/mol. The highest BCUT2D eigenvalue weighted by Gasteiger charge is 2.32. The molecule has 0 radical (unpaired) electrons. The number of rotatable bonds is 12. The Morgan fingerprint density at radius 2 is 1.11 bits per heavy atom. The van der Waals surface area contributed by atoms with Crippen molar-refractivity contribution in [1.82, 2.24) is 0 Å². The van der Waals surface area contributed by atoms with Crippen LogP contribution >= 0.6 is 33.2 Å². The molecule has 1 atom stereocenters. The summed E-state index contributed by atoms with van der Waals surface area (Å²) in [5, 5.41) is 0. The lowest BCUT2D eigenvalue weighted by molar-refractivity contribution is 0.547. The van der Waals surface area contributed by atoms with Crippen molar-refractivity contribution in [1.29, 1.82) is 0 Å². The lowest BCUT2D eigenvalue weighted by Crippen LogP contribution is -2.16. The molecule has 0 aliphatic heterocycles. The third kappa shape index (κ3) is 12.1. The first kappa shape index (κ1) is 19.1. The average Bonchev–Trinajstić information content (AvgIpc) is 2.30. The van der Waals surface area contributed by atoms with Gasteiger partial charge in [-0.25, -0.2) is 0 Å². The third-order valence-electron chi connectivity index (χ3n) is 3.55. The Labute approximate surface area is 129 Å². The maximum Gasteiger partial charge on any atom is 0.344 e. The Kier molecular flexibility index (Phi) is 12.6. The van der Waals surface area contributed by atoms with Gasteiger partial charge in [0.15, 0.2) is 0 Å². The summed E-state index contributed by atoms with van der Waals surface area (Å²) in [4.78, 5) is 0. The van der Waals surface area contributed by atoms with E-state index in [0.717, 1.165) is 6.42 Å². The van der Waals surface area contributed by atoms with Crippen molar-refractivity contribution in [3.05, 3.63) is 0 Å². The Morgan fingerprint density at radius 3 is 1.50 bits per heavy atom. The molecule has 0 aromatic heterocycles. The van der Waals surface area contributed by atoms with E-state index in [1.165, 1.54) is 64.2 Å². The van der Waals surface area contributed by atoms with Gasteiger partial charge in [0, 0.05) is 0 Å². The standard InChI is InChI=1S/C14H29Cl3Si/c1-3-4-5-6-7-8-9-10-11-12-13-14(2)18(15,16)17/h14H,3-13H2,1-2H3. The van der Waals surface area contributed by atoms with Crippen molar-refractivity contribution in [3.63, 3.8) is 0 Å². The second kappa shape index (κ2) is 11.9. The van der Waals surface area contributed by atoms with E-state index in [0.29, 0.717) is 5.54 Å². The minimum absolute atomic E-state index is 0.302. The highest BCUT2D eigenvalue weighted by molar-refractivity contribution is 7.65. The molecule has 0 aliphatic rings. The summed E-state index contributed by atoms with van der Waals surface area (Å²) in [6, 6.07) is -2.44. The summed E-state index contributed by atoms with van der Waals surface area (Å²) < 4.78 is 0. The largest absolute Gasteiger partial charge is 0.344 e. The molecule has 18 heavy (non-hydrogen) atoms. The zero-order valence-electron chi connectivity index (χ0n) is 12.0. The van der Waals surface area contributed by atoms with Gasteiger partial charge in [-0.3, -0.25) is 0 Å². The van der Waals surface area contributed by atoms with Crippen LogP contribution in [0.25, 0.3) is 0 Å². The second-order valence-corrected chi connectivity index (χ2v) is 14.6. The Hall–Kier alpha value is 1.09. The molecule has 1 unspecified atom stereocenters. The highest BCUT2D eigenvalue weighted by Crippen LogP contribution is 2.36. The molecule has 110 valence electrons. The Balaban J connectivity index is 3.17. The fourth-order valence-electron chi connectivity index (χ4n) is 2.10. The molecule has 0 saturated heterocycles. The first-order chi connectivity index (χ1) is 8.48. The molecule has 0 aromatic rings. The summed E-state index contributed by atoms with van der Waals surface area (Å²) in [5.74, 6) is 0. The maximum atomic E-state index is 5.98. The first-order valence-electron chi connectivity index (χ1n) is 7.55. The van der Waals surface area contributed by atoms with Crippen LogP contribution < -0.4 is 0 Å². The molecule has 0 N–H and O–H groups in total. The van der Waals surface area contributed by atoms with Crippen LogP contribution in [0.1, 0.15) is 84.5 Å². The van der Waals surface area contributed by atoms with Gasteiger partial charge in [0.2, 0.25) is 0 Å². The number of hydrogen-bond acceptors (Lipinski definition) is 0. The van der Waals surface area contributed by atoms with E-state index in [-0.39, 0.29) is 0 Å².